The Bertz CT molecular complexity index is 366. The summed E-state index contributed by atoms with van der Waals surface area (Å²) in [6.45, 7) is 1.87. The van der Waals surface area contributed by atoms with E-state index in [9.17, 15) is 9.90 Å². The fourth-order valence-electron chi connectivity index (χ4n) is 1.07. The van der Waals surface area contributed by atoms with E-state index in [2.05, 4.69) is 4.74 Å². The predicted octanol–water partition coefficient (Wildman–Crippen LogP) is 2.59. The van der Waals surface area contributed by atoms with E-state index in [4.69, 9.17) is 23.2 Å². The molecular weight excluding hydrogens is 239 g/mol. The molecule has 1 atom stereocenters. The lowest BCUT2D eigenvalue weighted by Gasteiger charge is -2.11. The molecule has 0 amide bonds. The Balaban J connectivity index is 2.91. The molecule has 1 N–H and O–H groups in total. The molecule has 0 aliphatic carbocycles. The molecule has 0 radical (unpaired) electrons. The summed E-state index contributed by atoms with van der Waals surface area (Å²) in [5, 5.41) is 10.3. The summed E-state index contributed by atoms with van der Waals surface area (Å²) in [7, 11) is 0. The second-order valence-electron chi connectivity index (χ2n) is 2.82. The van der Waals surface area contributed by atoms with Crippen LogP contribution in [0.15, 0.2) is 18.2 Å². The molecule has 1 unspecified atom stereocenters. The zero-order valence-electron chi connectivity index (χ0n) is 8.04. The molecule has 1 aromatic rings. The molecule has 1 aromatic carbocycles. The van der Waals surface area contributed by atoms with Crippen LogP contribution in [0.1, 0.15) is 18.6 Å². The number of rotatable bonds is 3. The number of aliphatic hydroxyl groups is 1. The molecule has 15 heavy (non-hydrogen) atoms. The van der Waals surface area contributed by atoms with Gasteiger partial charge in [-0.25, -0.2) is 4.79 Å². The molecule has 0 aliphatic rings. The van der Waals surface area contributed by atoms with E-state index < -0.39 is 12.1 Å². The Morgan fingerprint density at radius 3 is 2.73 bits per heavy atom. The number of carbonyl (C=O) groups is 1. The summed E-state index contributed by atoms with van der Waals surface area (Å²) in [5.41, 5.74) is 0.291. The number of hydrogen-bond donors (Lipinski definition) is 1. The first-order valence-electron chi connectivity index (χ1n) is 4.36. The molecule has 0 aliphatic heterocycles. The molecule has 0 saturated carbocycles. The van der Waals surface area contributed by atoms with Crippen LogP contribution in [0, 0.1) is 0 Å². The van der Waals surface area contributed by atoms with Crippen LogP contribution >= 0.6 is 23.2 Å². The maximum absolute atomic E-state index is 11.2. The molecular formula is C10H10Cl2O3. The normalized spacial score (nSPS) is 12.3. The van der Waals surface area contributed by atoms with Gasteiger partial charge >= 0.3 is 5.97 Å². The fraction of sp³-hybridized carbons (Fsp3) is 0.300. The number of aliphatic hydroxyl groups excluding tert-OH is 1. The van der Waals surface area contributed by atoms with E-state index in [1.165, 1.54) is 12.1 Å². The van der Waals surface area contributed by atoms with Crippen molar-refractivity contribution in [2.45, 2.75) is 13.0 Å². The van der Waals surface area contributed by atoms with Crippen LogP contribution in [-0.2, 0) is 9.53 Å². The van der Waals surface area contributed by atoms with E-state index in [1.807, 2.05) is 0 Å². The van der Waals surface area contributed by atoms with Crippen LogP contribution in [0.5, 0.6) is 0 Å². The first-order chi connectivity index (χ1) is 7.06. The topological polar surface area (TPSA) is 46.5 Å². The summed E-state index contributed by atoms with van der Waals surface area (Å²) >= 11 is 11.5. The highest BCUT2D eigenvalue weighted by Crippen LogP contribution is 2.26. The van der Waals surface area contributed by atoms with Crippen LogP contribution < -0.4 is 0 Å². The lowest BCUT2D eigenvalue weighted by Crippen LogP contribution is -2.15. The van der Waals surface area contributed by atoms with E-state index >= 15 is 0 Å². The zero-order chi connectivity index (χ0) is 11.4. The molecule has 0 aromatic heterocycles. The third-order valence-electron chi connectivity index (χ3n) is 1.77. The second-order valence-corrected chi connectivity index (χ2v) is 3.66. The summed E-state index contributed by atoms with van der Waals surface area (Å²) in [4.78, 5) is 11.2. The van der Waals surface area contributed by atoms with Crippen molar-refractivity contribution in [3.8, 4) is 0 Å². The van der Waals surface area contributed by atoms with E-state index in [0.717, 1.165) is 0 Å². The van der Waals surface area contributed by atoms with Gasteiger partial charge in [0.2, 0.25) is 0 Å². The summed E-state index contributed by atoms with van der Waals surface area (Å²) < 4.78 is 4.66. The molecule has 82 valence electrons. The first kappa shape index (κ1) is 12.3. The van der Waals surface area contributed by atoms with Crippen molar-refractivity contribution in [3.63, 3.8) is 0 Å². The monoisotopic (exact) mass is 248 g/mol. The van der Waals surface area contributed by atoms with Gasteiger partial charge < -0.3 is 9.84 Å². The highest BCUT2D eigenvalue weighted by molar-refractivity contribution is 6.35. The summed E-state index contributed by atoms with van der Waals surface area (Å²) in [6.07, 6.45) is -1.37. The van der Waals surface area contributed by atoms with Crippen molar-refractivity contribution in [2.24, 2.45) is 0 Å². The molecule has 1 rings (SSSR count). The minimum atomic E-state index is -1.37. The number of hydrogen-bond acceptors (Lipinski definition) is 3. The molecule has 5 heteroatoms. The predicted molar refractivity (Wildman–Crippen MR) is 58.1 cm³/mol. The second kappa shape index (κ2) is 5.35. The Hall–Kier alpha value is -0.770. The Morgan fingerprint density at radius 2 is 2.20 bits per heavy atom. The summed E-state index contributed by atoms with van der Waals surface area (Å²) in [5.74, 6) is -0.721. The lowest BCUT2D eigenvalue weighted by molar-refractivity contribution is -0.153. The number of ether oxygens (including phenoxy) is 1. The Labute approximate surface area is 97.6 Å². The van der Waals surface area contributed by atoms with Gasteiger partial charge in [-0.2, -0.15) is 0 Å². The van der Waals surface area contributed by atoms with Gasteiger partial charge in [0, 0.05) is 15.6 Å². The molecule has 0 heterocycles. The smallest absolute Gasteiger partial charge is 0.339 e. The number of esters is 1. The quantitative estimate of drug-likeness (QED) is 0.837. The van der Waals surface area contributed by atoms with Crippen molar-refractivity contribution in [2.75, 3.05) is 6.61 Å². The molecule has 0 bridgehead atoms. The minimum absolute atomic E-state index is 0.209. The van der Waals surface area contributed by atoms with Crippen LogP contribution in [-0.4, -0.2) is 17.7 Å². The van der Waals surface area contributed by atoms with Gasteiger partial charge in [0.25, 0.3) is 0 Å². The van der Waals surface area contributed by atoms with Gasteiger partial charge in [0.15, 0.2) is 6.10 Å². The van der Waals surface area contributed by atoms with Crippen molar-refractivity contribution in [3.05, 3.63) is 33.8 Å². The van der Waals surface area contributed by atoms with Gasteiger partial charge in [-0.1, -0.05) is 29.3 Å². The fourth-order valence-corrected chi connectivity index (χ4v) is 1.58. The van der Waals surface area contributed by atoms with Crippen LogP contribution in [0.4, 0.5) is 0 Å². The Morgan fingerprint density at radius 1 is 1.53 bits per heavy atom. The largest absolute Gasteiger partial charge is 0.464 e. The molecule has 0 fully saturated rings. The third-order valence-corrected chi connectivity index (χ3v) is 2.33. The van der Waals surface area contributed by atoms with Gasteiger partial charge in [0.05, 0.1) is 6.61 Å². The maximum Gasteiger partial charge on any atom is 0.339 e. The average Bonchev–Trinajstić information content (AvgIpc) is 2.17. The van der Waals surface area contributed by atoms with Crippen molar-refractivity contribution >= 4 is 29.2 Å². The Kier molecular flexibility index (Phi) is 4.39. The minimum Gasteiger partial charge on any atom is -0.464 e. The molecule has 0 spiro atoms. The average molecular weight is 249 g/mol. The van der Waals surface area contributed by atoms with Crippen LogP contribution in [0.2, 0.25) is 10.0 Å². The summed E-state index contributed by atoms with van der Waals surface area (Å²) in [6, 6.07) is 4.50. The number of benzene rings is 1. The highest BCUT2D eigenvalue weighted by atomic mass is 35.5. The highest BCUT2D eigenvalue weighted by Gasteiger charge is 2.21. The van der Waals surface area contributed by atoms with Gasteiger partial charge in [-0.05, 0) is 19.1 Å². The van der Waals surface area contributed by atoms with Crippen molar-refractivity contribution < 1.29 is 14.6 Å². The molecule has 0 saturated heterocycles. The van der Waals surface area contributed by atoms with Crippen LogP contribution in [0.3, 0.4) is 0 Å². The van der Waals surface area contributed by atoms with Gasteiger partial charge in [-0.3, -0.25) is 0 Å². The van der Waals surface area contributed by atoms with Gasteiger partial charge in [-0.15, -0.1) is 0 Å². The number of carbonyl (C=O) groups excluding carboxylic acids is 1. The number of halogens is 2. The maximum atomic E-state index is 11.2. The van der Waals surface area contributed by atoms with E-state index in [-0.39, 0.29) is 11.6 Å². The van der Waals surface area contributed by atoms with Gasteiger partial charge in [0.1, 0.15) is 0 Å². The van der Waals surface area contributed by atoms with Crippen molar-refractivity contribution in [1.82, 2.24) is 0 Å². The van der Waals surface area contributed by atoms with Crippen LogP contribution in [0.25, 0.3) is 0 Å². The van der Waals surface area contributed by atoms with E-state index in [1.54, 1.807) is 13.0 Å². The third kappa shape index (κ3) is 3.09. The first-order valence-corrected chi connectivity index (χ1v) is 5.11. The zero-order valence-corrected chi connectivity index (χ0v) is 9.55. The SMILES string of the molecule is CCOC(=O)C(O)c1ccc(Cl)cc1Cl. The standard InChI is InChI=1S/C10H10Cl2O3/c1-2-15-10(14)9(13)7-4-3-6(11)5-8(7)12/h3-5,9,13H,2H2,1H3. The molecule has 3 nitrogen and oxygen atoms in total. The van der Waals surface area contributed by atoms with E-state index in [0.29, 0.717) is 10.6 Å². The van der Waals surface area contributed by atoms with Crippen molar-refractivity contribution in [1.29, 1.82) is 0 Å². The lowest BCUT2D eigenvalue weighted by atomic mass is 10.1.